The number of primary amides is 1. The van der Waals surface area contributed by atoms with E-state index in [0.29, 0.717) is 5.75 Å². The molecule has 5 heteroatoms. The number of hydrogen-bond acceptors (Lipinski definition) is 3. The van der Waals surface area contributed by atoms with Crippen molar-refractivity contribution < 1.29 is 19.4 Å². The van der Waals surface area contributed by atoms with Crippen molar-refractivity contribution in [3.63, 3.8) is 0 Å². The van der Waals surface area contributed by atoms with Crippen molar-refractivity contribution in [2.24, 2.45) is 5.73 Å². The van der Waals surface area contributed by atoms with Crippen LogP contribution in [0.5, 0.6) is 5.75 Å². The van der Waals surface area contributed by atoms with Crippen LogP contribution in [0.15, 0.2) is 66.2 Å². The van der Waals surface area contributed by atoms with Crippen LogP contribution >= 0.6 is 0 Å². The van der Waals surface area contributed by atoms with E-state index >= 15 is 0 Å². The van der Waals surface area contributed by atoms with E-state index in [9.17, 15) is 9.59 Å². The van der Waals surface area contributed by atoms with Gasteiger partial charge in [-0.1, -0.05) is 48.5 Å². The molecule has 1 aliphatic rings. The molecule has 4 rings (SSSR count). The molecule has 0 aromatic heterocycles. The summed E-state index contributed by atoms with van der Waals surface area (Å²) in [4.78, 5) is 22.7. The fraction of sp³-hybridized carbons (Fsp3) is 0.120. The average Bonchev–Trinajstić information content (AvgIpc) is 2.98. The first-order valence-corrected chi connectivity index (χ1v) is 9.61. The van der Waals surface area contributed by atoms with Crippen molar-refractivity contribution >= 4 is 39.9 Å². The van der Waals surface area contributed by atoms with Gasteiger partial charge in [0.2, 0.25) is 5.91 Å². The molecular formula is C25H21NO4. The summed E-state index contributed by atoms with van der Waals surface area (Å²) < 4.78 is 5.51. The summed E-state index contributed by atoms with van der Waals surface area (Å²) in [6.07, 6.45) is 2.14. The summed E-state index contributed by atoms with van der Waals surface area (Å²) in [6, 6.07) is 19.9. The second kappa shape index (κ2) is 7.87. The molecule has 150 valence electrons. The molecule has 0 spiro atoms. The van der Waals surface area contributed by atoms with Gasteiger partial charge in [-0.3, -0.25) is 4.79 Å². The number of carbonyl (C=O) groups excluding carboxylic acids is 1. The molecular weight excluding hydrogens is 378 g/mol. The number of carbonyl (C=O) groups is 2. The lowest BCUT2D eigenvalue weighted by Gasteiger charge is -2.12. The van der Waals surface area contributed by atoms with Crippen molar-refractivity contribution in [2.45, 2.75) is 13.3 Å². The smallest absolute Gasteiger partial charge is 0.341 e. The first-order chi connectivity index (χ1) is 14.4. The van der Waals surface area contributed by atoms with Crippen molar-refractivity contribution in [2.75, 3.05) is 6.61 Å². The van der Waals surface area contributed by atoms with Gasteiger partial charge in [-0.15, -0.1) is 0 Å². The predicted octanol–water partition coefficient (Wildman–Crippen LogP) is 4.51. The van der Waals surface area contributed by atoms with Gasteiger partial charge < -0.3 is 15.6 Å². The van der Waals surface area contributed by atoms with Crippen LogP contribution in [-0.4, -0.2) is 23.6 Å². The van der Waals surface area contributed by atoms with Crippen molar-refractivity contribution in [3.05, 3.63) is 82.9 Å². The molecule has 0 bridgehead atoms. The van der Waals surface area contributed by atoms with Crippen LogP contribution in [0.4, 0.5) is 0 Å². The Kier molecular flexibility index (Phi) is 5.11. The van der Waals surface area contributed by atoms with Gasteiger partial charge >= 0.3 is 5.97 Å². The molecule has 30 heavy (non-hydrogen) atoms. The van der Waals surface area contributed by atoms with Gasteiger partial charge in [0.05, 0.1) is 6.42 Å². The summed E-state index contributed by atoms with van der Waals surface area (Å²) in [5.41, 5.74) is 10.8. The van der Waals surface area contributed by atoms with Gasteiger partial charge in [0, 0.05) is 5.56 Å². The maximum atomic E-state index is 11.7. The van der Waals surface area contributed by atoms with Crippen LogP contribution in [0.3, 0.4) is 0 Å². The zero-order valence-corrected chi connectivity index (χ0v) is 16.5. The second-order valence-corrected chi connectivity index (χ2v) is 7.27. The number of rotatable bonds is 6. The zero-order valence-electron chi connectivity index (χ0n) is 16.5. The highest BCUT2D eigenvalue weighted by atomic mass is 16.5. The monoisotopic (exact) mass is 399 g/mol. The Balaban J connectivity index is 1.85. The topological polar surface area (TPSA) is 89.6 Å². The Morgan fingerprint density at radius 3 is 2.53 bits per heavy atom. The summed E-state index contributed by atoms with van der Waals surface area (Å²) in [7, 11) is 0. The summed E-state index contributed by atoms with van der Waals surface area (Å²) in [6.45, 7) is 1.50. The third-order valence-corrected chi connectivity index (χ3v) is 5.26. The number of aliphatic carboxylic acids is 1. The third kappa shape index (κ3) is 3.70. The van der Waals surface area contributed by atoms with E-state index in [0.717, 1.165) is 44.2 Å². The van der Waals surface area contributed by atoms with Crippen LogP contribution in [0, 0.1) is 0 Å². The number of carboxylic acids is 1. The standard InChI is InChI=1S/C25H21NO4/c1-15-20(12-16-9-10-17-5-2-3-6-18(17)11-16)19-7-4-8-22(30-14-24(28)29)25(19)21(15)13-23(26)27/h2-12H,13-14H2,1H3,(H2,26,27)(H,28,29)/b20-12-. The fourth-order valence-electron chi connectivity index (χ4n) is 3.92. The highest BCUT2D eigenvalue weighted by Gasteiger charge is 2.28. The molecule has 1 amide bonds. The maximum absolute atomic E-state index is 11.7. The number of hydrogen-bond donors (Lipinski definition) is 2. The molecule has 3 aromatic carbocycles. The molecule has 3 aromatic rings. The van der Waals surface area contributed by atoms with Gasteiger partial charge in [0.1, 0.15) is 5.75 Å². The molecule has 0 aliphatic heterocycles. The van der Waals surface area contributed by atoms with Gasteiger partial charge in [-0.2, -0.15) is 0 Å². The van der Waals surface area contributed by atoms with E-state index in [1.807, 2.05) is 31.2 Å². The molecule has 0 atom stereocenters. The average molecular weight is 399 g/mol. The molecule has 0 radical (unpaired) electrons. The largest absolute Gasteiger partial charge is 0.481 e. The minimum atomic E-state index is -1.06. The van der Waals surface area contributed by atoms with Gasteiger partial charge in [0.15, 0.2) is 6.61 Å². The summed E-state index contributed by atoms with van der Waals surface area (Å²) in [5.74, 6) is -1.07. The van der Waals surface area contributed by atoms with Gasteiger partial charge in [-0.25, -0.2) is 4.79 Å². The van der Waals surface area contributed by atoms with Crippen molar-refractivity contribution in [1.82, 2.24) is 0 Å². The highest BCUT2D eigenvalue weighted by molar-refractivity contribution is 6.09. The first-order valence-electron chi connectivity index (χ1n) is 9.61. The second-order valence-electron chi connectivity index (χ2n) is 7.27. The molecule has 0 heterocycles. The Bertz CT molecular complexity index is 1240. The quantitative estimate of drug-likeness (QED) is 0.638. The molecule has 0 unspecified atom stereocenters. The highest BCUT2D eigenvalue weighted by Crippen LogP contribution is 2.47. The lowest BCUT2D eigenvalue weighted by molar-refractivity contribution is -0.139. The maximum Gasteiger partial charge on any atom is 0.341 e. The number of nitrogens with two attached hydrogens (primary N) is 1. The molecule has 3 N–H and O–H groups in total. The predicted molar refractivity (Wildman–Crippen MR) is 118 cm³/mol. The Morgan fingerprint density at radius 2 is 1.80 bits per heavy atom. The zero-order chi connectivity index (χ0) is 21.3. The number of amides is 1. The van der Waals surface area contributed by atoms with E-state index < -0.39 is 18.5 Å². The first kappa shape index (κ1) is 19.5. The number of ether oxygens (including phenoxy) is 1. The number of fused-ring (bicyclic) bond motifs is 2. The van der Waals surface area contributed by atoms with Crippen LogP contribution in [0.2, 0.25) is 0 Å². The summed E-state index contributed by atoms with van der Waals surface area (Å²) >= 11 is 0. The molecule has 0 saturated heterocycles. The minimum absolute atomic E-state index is 0.0569. The number of carboxylic acid groups (broad SMARTS) is 1. The number of allylic oxidation sites excluding steroid dienone is 2. The van der Waals surface area contributed by atoms with E-state index in [4.69, 9.17) is 15.6 Å². The number of benzene rings is 3. The Morgan fingerprint density at radius 1 is 1.03 bits per heavy atom. The lowest BCUT2D eigenvalue weighted by atomic mass is 9.99. The van der Waals surface area contributed by atoms with Crippen molar-refractivity contribution in [1.29, 1.82) is 0 Å². The summed E-state index contributed by atoms with van der Waals surface area (Å²) in [5, 5.41) is 11.3. The third-order valence-electron chi connectivity index (χ3n) is 5.26. The minimum Gasteiger partial charge on any atom is -0.481 e. The lowest BCUT2D eigenvalue weighted by Crippen LogP contribution is -2.13. The van der Waals surface area contributed by atoms with Crippen LogP contribution in [0.1, 0.15) is 30.0 Å². The van der Waals surface area contributed by atoms with Crippen LogP contribution in [-0.2, 0) is 9.59 Å². The SMILES string of the molecule is CC1=C(CC(N)=O)c2c(OCC(=O)O)cccc2/C1=C\c1ccc2ccccc2c1. The van der Waals surface area contributed by atoms with Crippen LogP contribution in [0.25, 0.3) is 28.0 Å². The molecule has 5 nitrogen and oxygen atoms in total. The normalized spacial score (nSPS) is 14.2. The van der Waals surface area contributed by atoms with Gasteiger partial charge in [-0.05, 0) is 63.8 Å². The molecule has 0 saturated carbocycles. The molecule has 0 fully saturated rings. The van der Waals surface area contributed by atoms with Crippen LogP contribution < -0.4 is 10.5 Å². The van der Waals surface area contributed by atoms with E-state index in [1.54, 1.807) is 6.07 Å². The van der Waals surface area contributed by atoms with E-state index in [-0.39, 0.29) is 6.42 Å². The van der Waals surface area contributed by atoms with E-state index in [1.165, 1.54) is 0 Å². The van der Waals surface area contributed by atoms with Crippen molar-refractivity contribution in [3.8, 4) is 5.75 Å². The van der Waals surface area contributed by atoms with Gasteiger partial charge in [0.25, 0.3) is 0 Å². The Hall–Kier alpha value is -3.86. The fourth-order valence-corrected chi connectivity index (χ4v) is 3.92. The Labute approximate surface area is 174 Å². The van der Waals surface area contributed by atoms with E-state index in [2.05, 4.69) is 36.4 Å². The molecule has 1 aliphatic carbocycles.